The fourth-order valence-electron chi connectivity index (χ4n) is 3.68. The lowest BCUT2D eigenvalue weighted by molar-refractivity contribution is -0.123. The van der Waals surface area contributed by atoms with E-state index in [9.17, 15) is 9.90 Å². The third-order valence-electron chi connectivity index (χ3n) is 5.46. The molecule has 2 N–H and O–H groups in total. The van der Waals surface area contributed by atoms with E-state index in [2.05, 4.69) is 10.2 Å². The van der Waals surface area contributed by atoms with Gasteiger partial charge in [0.2, 0.25) is 5.91 Å². The van der Waals surface area contributed by atoms with Crippen LogP contribution in [-0.4, -0.2) is 55.3 Å². The molecule has 0 spiro atoms. The summed E-state index contributed by atoms with van der Waals surface area (Å²) in [6, 6.07) is 14.7. The number of methoxy groups -OCH3 is 1. The largest absolute Gasteiger partial charge is 0.497 e. The molecule has 3 rings (SSSR count). The number of rotatable bonds is 10. The summed E-state index contributed by atoms with van der Waals surface area (Å²) in [5.74, 6) is 1.36. The average molecular weight is 413 g/mol. The van der Waals surface area contributed by atoms with Crippen molar-refractivity contribution in [2.45, 2.75) is 38.3 Å². The van der Waals surface area contributed by atoms with Gasteiger partial charge in [-0.05, 0) is 62.7 Å². The number of aliphatic hydroxyl groups excluding tert-OH is 1. The molecule has 1 fully saturated rings. The second-order valence-corrected chi connectivity index (χ2v) is 7.81. The first-order valence-corrected chi connectivity index (χ1v) is 10.6. The molecule has 0 aliphatic carbocycles. The summed E-state index contributed by atoms with van der Waals surface area (Å²) in [6.45, 7) is 4.93. The second-order valence-electron chi connectivity index (χ2n) is 7.81. The van der Waals surface area contributed by atoms with Crippen LogP contribution in [0.25, 0.3) is 0 Å². The lowest BCUT2D eigenvalue weighted by Gasteiger charge is -2.29. The zero-order chi connectivity index (χ0) is 21.3. The predicted molar refractivity (Wildman–Crippen MR) is 117 cm³/mol. The third kappa shape index (κ3) is 6.47. The molecule has 2 aromatic rings. The highest BCUT2D eigenvalue weighted by Gasteiger charge is 2.26. The van der Waals surface area contributed by atoms with Crippen molar-refractivity contribution < 1.29 is 19.4 Å². The van der Waals surface area contributed by atoms with Crippen LogP contribution in [0.5, 0.6) is 11.5 Å². The van der Waals surface area contributed by atoms with Gasteiger partial charge in [0.15, 0.2) is 0 Å². The van der Waals surface area contributed by atoms with Crippen molar-refractivity contribution in [3.05, 3.63) is 59.7 Å². The van der Waals surface area contributed by atoms with Gasteiger partial charge in [-0.3, -0.25) is 4.79 Å². The van der Waals surface area contributed by atoms with Crippen LogP contribution in [0.1, 0.15) is 36.5 Å². The molecule has 162 valence electrons. The number of hydrogen-bond donors (Lipinski definition) is 2. The summed E-state index contributed by atoms with van der Waals surface area (Å²) >= 11 is 0. The van der Waals surface area contributed by atoms with Crippen molar-refractivity contribution in [2.24, 2.45) is 0 Å². The summed E-state index contributed by atoms with van der Waals surface area (Å²) in [5.41, 5.74) is 1.92. The highest BCUT2D eigenvalue weighted by molar-refractivity contribution is 5.76. The Hall–Kier alpha value is -2.57. The summed E-state index contributed by atoms with van der Waals surface area (Å²) in [4.78, 5) is 14.9. The topological polar surface area (TPSA) is 71.0 Å². The van der Waals surface area contributed by atoms with Gasteiger partial charge >= 0.3 is 0 Å². The van der Waals surface area contributed by atoms with E-state index in [0.717, 1.165) is 48.6 Å². The molecule has 6 nitrogen and oxygen atoms in total. The van der Waals surface area contributed by atoms with E-state index >= 15 is 0 Å². The van der Waals surface area contributed by atoms with Gasteiger partial charge < -0.3 is 24.8 Å². The fourth-order valence-corrected chi connectivity index (χ4v) is 3.68. The number of nitrogens with zero attached hydrogens (tertiary/aromatic N) is 1. The number of aryl methyl sites for hydroxylation is 1. The van der Waals surface area contributed by atoms with Gasteiger partial charge in [-0.15, -0.1) is 0 Å². The number of hydrogen-bond acceptors (Lipinski definition) is 5. The van der Waals surface area contributed by atoms with Gasteiger partial charge in [-0.25, -0.2) is 0 Å². The molecular formula is C24H32N2O4. The first-order valence-electron chi connectivity index (χ1n) is 10.6. The van der Waals surface area contributed by atoms with Crippen molar-refractivity contribution in [1.82, 2.24) is 10.2 Å². The maximum atomic E-state index is 12.6. The molecule has 1 heterocycles. The number of carbonyl (C=O) groups is 1. The molecule has 6 heteroatoms. The highest BCUT2D eigenvalue weighted by Crippen LogP contribution is 2.22. The molecule has 30 heavy (non-hydrogen) atoms. The minimum absolute atomic E-state index is 0.126. The Morgan fingerprint density at radius 3 is 2.33 bits per heavy atom. The average Bonchev–Trinajstić information content (AvgIpc) is 3.27. The number of likely N-dealkylation sites (tertiary alicyclic amines) is 1. The first-order chi connectivity index (χ1) is 14.5. The molecule has 0 unspecified atom stereocenters. The number of nitrogens with one attached hydrogen (secondary N) is 1. The Morgan fingerprint density at radius 2 is 1.70 bits per heavy atom. The Morgan fingerprint density at radius 1 is 1.07 bits per heavy atom. The van der Waals surface area contributed by atoms with Gasteiger partial charge in [0.05, 0.1) is 26.2 Å². The Kier molecular flexibility index (Phi) is 8.11. The van der Waals surface area contributed by atoms with Gasteiger partial charge in [0, 0.05) is 6.54 Å². The van der Waals surface area contributed by atoms with Crippen molar-refractivity contribution in [3.8, 4) is 11.5 Å². The van der Waals surface area contributed by atoms with E-state index in [0.29, 0.717) is 13.2 Å². The zero-order valence-electron chi connectivity index (χ0n) is 17.8. The minimum Gasteiger partial charge on any atom is -0.497 e. The highest BCUT2D eigenvalue weighted by atomic mass is 16.5. The SMILES string of the molecule is COc1ccc([C@@H](O)[C@@H](CN2CCCC2)NC(=O)CCOc2ccc(C)cc2)cc1. The smallest absolute Gasteiger partial charge is 0.223 e. The molecule has 0 bridgehead atoms. The molecule has 0 radical (unpaired) electrons. The molecule has 0 saturated carbocycles. The minimum atomic E-state index is -0.793. The summed E-state index contributed by atoms with van der Waals surface area (Å²) in [7, 11) is 1.61. The lowest BCUT2D eigenvalue weighted by Crippen LogP contribution is -2.47. The molecule has 1 saturated heterocycles. The van der Waals surface area contributed by atoms with Crippen LogP contribution in [-0.2, 0) is 4.79 Å². The number of ether oxygens (including phenoxy) is 2. The first kappa shape index (κ1) is 22.1. The molecule has 1 amide bonds. The third-order valence-corrected chi connectivity index (χ3v) is 5.46. The number of benzene rings is 2. The zero-order valence-corrected chi connectivity index (χ0v) is 17.8. The monoisotopic (exact) mass is 412 g/mol. The maximum Gasteiger partial charge on any atom is 0.223 e. The van der Waals surface area contributed by atoms with Crippen LogP contribution < -0.4 is 14.8 Å². The number of aliphatic hydroxyl groups is 1. The van der Waals surface area contributed by atoms with Crippen LogP contribution in [0.2, 0.25) is 0 Å². The van der Waals surface area contributed by atoms with E-state index < -0.39 is 6.10 Å². The molecule has 2 aromatic carbocycles. The fraction of sp³-hybridized carbons (Fsp3) is 0.458. The van der Waals surface area contributed by atoms with E-state index in [1.807, 2.05) is 55.5 Å². The molecule has 1 aliphatic rings. The van der Waals surface area contributed by atoms with Crippen LogP contribution in [0.15, 0.2) is 48.5 Å². The molecule has 0 aromatic heterocycles. The molecule has 2 atom stereocenters. The maximum absolute atomic E-state index is 12.6. The van der Waals surface area contributed by atoms with E-state index in [4.69, 9.17) is 9.47 Å². The normalized spacial score (nSPS) is 16.1. The van der Waals surface area contributed by atoms with Crippen LogP contribution in [0.4, 0.5) is 0 Å². The number of carbonyl (C=O) groups excluding carboxylic acids is 1. The van der Waals surface area contributed by atoms with Crippen LogP contribution >= 0.6 is 0 Å². The van der Waals surface area contributed by atoms with Crippen molar-refractivity contribution >= 4 is 5.91 Å². The standard InChI is InChI=1S/C24H32N2O4/c1-18-5-9-21(10-6-18)30-16-13-23(27)25-22(17-26-14-3-4-15-26)24(28)19-7-11-20(29-2)12-8-19/h5-12,22,24,28H,3-4,13-17H2,1-2H3,(H,25,27)/t22-,24-/m1/s1. The van der Waals surface area contributed by atoms with E-state index in [-0.39, 0.29) is 18.4 Å². The second kappa shape index (κ2) is 11.0. The van der Waals surface area contributed by atoms with E-state index in [1.54, 1.807) is 7.11 Å². The van der Waals surface area contributed by atoms with Gasteiger partial charge in [0.25, 0.3) is 0 Å². The van der Waals surface area contributed by atoms with Crippen LogP contribution in [0, 0.1) is 6.92 Å². The predicted octanol–water partition coefficient (Wildman–Crippen LogP) is 3.09. The van der Waals surface area contributed by atoms with Crippen LogP contribution in [0.3, 0.4) is 0 Å². The lowest BCUT2D eigenvalue weighted by atomic mass is 10.0. The Labute approximate surface area is 178 Å². The summed E-state index contributed by atoms with van der Waals surface area (Å²) < 4.78 is 10.9. The Bertz CT molecular complexity index is 786. The van der Waals surface area contributed by atoms with Crippen molar-refractivity contribution in [3.63, 3.8) is 0 Å². The summed E-state index contributed by atoms with van der Waals surface area (Å²) in [5, 5.41) is 14.0. The van der Waals surface area contributed by atoms with Gasteiger partial charge in [-0.1, -0.05) is 29.8 Å². The van der Waals surface area contributed by atoms with Gasteiger partial charge in [-0.2, -0.15) is 0 Å². The molecular weight excluding hydrogens is 380 g/mol. The quantitative estimate of drug-likeness (QED) is 0.628. The van der Waals surface area contributed by atoms with E-state index in [1.165, 1.54) is 0 Å². The number of amides is 1. The Balaban J connectivity index is 1.57. The summed E-state index contributed by atoms with van der Waals surface area (Å²) in [6.07, 6.45) is 1.76. The van der Waals surface area contributed by atoms with Crippen molar-refractivity contribution in [2.75, 3.05) is 33.4 Å². The van der Waals surface area contributed by atoms with Crippen molar-refractivity contribution in [1.29, 1.82) is 0 Å². The molecule has 1 aliphatic heterocycles. The van der Waals surface area contributed by atoms with Gasteiger partial charge in [0.1, 0.15) is 17.6 Å².